The van der Waals surface area contributed by atoms with Gasteiger partial charge >= 0.3 is 0 Å². The standard InChI is InChI=1S/C12H23NO/c1-13(2)11-7-9-5-3-4-6-10(9)8-12(11)14/h9-12,14H,3-8H2,1-2H3/t9-,10+,11-,12-/m0/s1. The Morgan fingerprint density at radius 2 is 1.57 bits per heavy atom. The van der Waals surface area contributed by atoms with Crippen molar-refractivity contribution in [3.63, 3.8) is 0 Å². The molecule has 2 fully saturated rings. The number of nitrogens with zero attached hydrogens (tertiary/aromatic N) is 1. The van der Waals surface area contributed by atoms with E-state index in [9.17, 15) is 5.11 Å². The third kappa shape index (κ3) is 1.96. The van der Waals surface area contributed by atoms with Crippen LogP contribution in [0.25, 0.3) is 0 Å². The first-order chi connectivity index (χ1) is 6.68. The van der Waals surface area contributed by atoms with Crippen LogP contribution in [0.2, 0.25) is 0 Å². The number of rotatable bonds is 1. The Morgan fingerprint density at radius 1 is 1.00 bits per heavy atom. The van der Waals surface area contributed by atoms with Crippen molar-refractivity contribution in [2.24, 2.45) is 11.8 Å². The van der Waals surface area contributed by atoms with Crippen LogP contribution in [0.5, 0.6) is 0 Å². The van der Waals surface area contributed by atoms with Gasteiger partial charge in [-0.1, -0.05) is 25.7 Å². The van der Waals surface area contributed by atoms with Crippen LogP contribution < -0.4 is 0 Å². The summed E-state index contributed by atoms with van der Waals surface area (Å²) in [7, 11) is 4.19. The molecule has 1 N–H and O–H groups in total. The molecule has 2 heteroatoms. The molecule has 0 aromatic rings. The number of aliphatic hydroxyl groups is 1. The molecule has 2 aliphatic rings. The molecule has 0 amide bonds. The van der Waals surface area contributed by atoms with E-state index in [0.29, 0.717) is 6.04 Å². The summed E-state index contributed by atoms with van der Waals surface area (Å²) in [5.74, 6) is 1.73. The van der Waals surface area contributed by atoms with Gasteiger partial charge in [0, 0.05) is 6.04 Å². The maximum Gasteiger partial charge on any atom is 0.0698 e. The largest absolute Gasteiger partial charge is 0.391 e. The van der Waals surface area contributed by atoms with E-state index in [2.05, 4.69) is 19.0 Å². The number of aliphatic hydroxyl groups excluding tert-OH is 1. The third-order valence-electron chi connectivity index (χ3n) is 4.26. The minimum atomic E-state index is -0.0793. The van der Waals surface area contributed by atoms with Crippen molar-refractivity contribution in [3.8, 4) is 0 Å². The maximum atomic E-state index is 10.0. The second kappa shape index (κ2) is 4.19. The van der Waals surface area contributed by atoms with Crippen LogP contribution in [-0.2, 0) is 0 Å². The van der Waals surface area contributed by atoms with E-state index in [1.54, 1.807) is 0 Å². The molecule has 0 spiro atoms. The first kappa shape index (κ1) is 10.4. The molecule has 0 saturated heterocycles. The highest BCUT2D eigenvalue weighted by molar-refractivity contribution is 4.91. The smallest absolute Gasteiger partial charge is 0.0698 e. The van der Waals surface area contributed by atoms with Gasteiger partial charge in [-0.3, -0.25) is 0 Å². The summed E-state index contributed by atoms with van der Waals surface area (Å²) >= 11 is 0. The predicted octanol–water partition coefficient (Wildman–Crippen LogP) is 1.88. The summed E-state index contributed by atoms with van der Waals surface area (Å²) in [5, 5.41) is 10.0. The molecule has 4 atom stereocenters. The molecule has 0 unspecified atom stereocenters. The quantitative estimate of drug-likeness (QED) is 0.694. The number of fused-ring (bicyclic) bond motifs is 1. The molecule has 0 radical (unpaired) electrons. The van der Waals surface area contributed by atoms with Crippen LogP contribution in [0.4, 0.5) is 0 Å². The lowest BCUT2D eigenvalue weighted by Gasteiger charge is -2.44. The van der Waals surface area contributed by atoms with E-state index in [0.717, 1.165) is 18.3 Å². The van der Waals surface area contributed by atoms with Crippen LogP contribution in [0.1, 0.15) is 38.5 Å². The third-order valence-corrected chi connectivity index (χ3v) is 4.26. The van der Waals surface area contributed by atoms with Crippen molar-refractivity contribution >= 4 is 0 Å². The first-order valence-electron chi connectivity index (χ1n) is 6.03. The molecule has 2 rings (SSSR count). The lowest BCUT2D eigenvalue weighted by atomic mass is 9.68. The molecule has 2 aliphatic carbocycles. The fourth-order valence-electron chi connectivity index (χ4n) is 3.39. The fourth-order valence-corrected chi connectivity index (χ4v) is 3.39. The summed E-state index contributed by atoms with van der Waals surface area (Å²) in [6.07, 6.45) is 7.76. The highest BCUT2D eigenvalue weighted by Crippen LogP contribution is 2.41. The Hall–Kier alpha value is -0.0800. The summed E-state index contributed by atoms with van der Waals surface area (Å²) < 4.78 is 0. The normalized spacial score (nSPS) is 43.7. The first-order valence-corrected chi connectivity index (χ1v) is 6.03. The number of likely N-dealkylation sites (N-methyl/N-ethyl adjacent to an activating group) is 1. The Morgan fingerprint density at radius 3 is 2.14 bits per heavy atom. The van der Waals surface area contributed by atoms with Crippen molar-refractivity contribution in [1.29, 1.82) is 0 Å². The van der Waals surface area contributed by atoms with Crippen molar-refractivity contribution in [2.45, 2.75) is 50.7 Å². The highest BCUT2D eigenvalue weighted by Gasteiger charge is 2.37. The molecule has 14 heavy (non-hydrogen) atoms. The van der Waals surface area contributed by atoms with Crippen LogP contribution >= 0.6 is 0 Å². The van der Waals surface area contributed by atoms with E-state index in [-0.39, 0.29) is 6.10 Å². The summed E-state index contributed by atoms with van der Waals surface area (Å²) in [4.78, 5) is 2.20. The van der Waals surface area contributed by atoms with Crippen molar-refractivity contribution in [3.05, 3.63) is 0 Å². The van der Waals surface area contributed by atoms with Crippen LogP contribution in [-0.4, -0.2) is 36.2 Å². The zero-order valence-corrected chi connectivity index (χ0v) is 9.45. The summed E-state index contributed by atoms with van der Waals surface area (Å²) in [6, 6.07) is 0.411. The van der Waals surface area contributed by atoms with E-state index in [4.69, 9.17) is 0 Å². The van der Waals surface area contributed by atoms with E-state index < -0.39 is 0 Å². The lowest BCUT2D eigenvalue weighted by Crippen LogP contribution is -2.47. The number of hydrogen-bond acceptors (Lipinski definition) is 2. The zero-order valence-electron chi connectivity index (χ0n) is 9.45. The molecular weight excluding hydrogens is 174 g/mol. The fraction of sp³-hybridized carbons (Fsp3) is 1.00. The minimum Gasteiger partial charge on any atom is -0.391 e. The second-order valence-corrected chi connectivity index (χ2v) is 5.37. The second-order valence-electron chi connectivity index (χ2n) is 5.37. The van der Waals surface area contributed by atoms with Crippen LogP contribution in [0.15, 0.2) is 0 Å². The highest BCUT2D eigenvalue weighted by atomic mass is 16.3. The van der Waals surface area contributed by atoms with Gasteiger partial charge in [-0.2, -0.15) is 0 Å². The van der Waals surface area contributed by atoms with E-state index in [1.165, 1.54) is 32.1 Å². The monoisotopic (exact) mass is 197 g/mol. The molecule has 2 saturated carbocycles. The maximum absolute atomic E-state index is 10.0. The average Bonchev–Trinajstić information content (AvgIpc) is 2.16. The summed E-state index contributed by atoms with van der Waals surface area (Å²) in [6.45, 7) is 0. The van der Waals surface area contributed by atoms with Gasteiger partial charge in [0.2, 0.25) is 0 Å². The molecule has 0 aliphatic heterocycles. The molecule has 2 nitrogen and oxygen atoms in total. The van der Waals surface area contributed by atoms with E-state index >= 15 is 0 Å². The minimum absolute atomic E-state index is 0.0793. The van der Waals surface area contributed by atoms with Gasteiger partial charge in [0.15, 0.2) is 0 Å². The van der Waals surface area contributed by atoms with Gasteiger partial charge in [0.1, 0.15) is 0 Å². The van der Waals surface area contributed by atoms with Crippen LogP contribution in [0.3, 0.4) is 0 Å². The van der Waals surface area contributed by atoms with Gasteiger partial charge in [-0.15, -0.1) is 0 Å². The molecular formula is C12H23NO. The van der Waals surface area contributed by atoms with Gasteiger partial charge in [0.05, 0.1) is 6.10 Å². The Kier molecular flexibility index (Phi) is 3.13. The zero-order chi connectivity index (χ0) is 10.1. The predicted molar refractivity (Wildman–Crippen MR) is 58.2 cm³/mol. The molecule has 0 aromatic heterocycles. The van der Waals surface area contributed by atoms with Gasteiger partial charge in [0.25, 0.3) is 0 Å². The topological polar surface area (TPSA) is 23.5 Å². The van der Waals surface area contributed by atoms with Crippen LogP contribution in [0, 0.1) is 11.8 Å². The van der Waals surface area contributed by atoms with E-state index in [1.807, 2.05) is 0 Å². The Bertz CT molecular complexity index is 193. The van der Waals surface area contributed by atoms with Crippen molar-refractivity contribution in [1.82, 2.24) is 4.90 Å². The van der Waals surface area contributed by atoms with Crippen molar-refractivity contribution < 1.29 is 5.11 Å². The Labute approximate surface area is 87.3 Å². The molecule has 82 valence electrons. The SMILES string of the molecule is CN(C)[C@H]1C[C@@H]2CCCC[C@@H]2C[C@@H]1O. The average molecular weight is 197 g/mol. The Balaban J connectivity index is 1.99. The van der Waals surface area contributed by atoms with Crippen molar-refractivity contribution in [2.75, 3.05) is 14.1 Å². The van der Waals surface area contributed by atoms with Gasteiger partial charge in [-0.05, 0) is 38.8 Å². The lowest BCUT2D eigenvalue weighted by molar-refractivity contribution is -0.0157. The van der Waals surface area contributed by atoms with Gasteiger partial charge in [-0.25, -0.2) is 0 Å². The molecule has 0 bridgehead atoms. The molecule has 0 heterocycles. The summed E-state index contributed by atoms with van der Waals surface area (Å²) in [5.41, 5.74) is 0. The molecule has 0 aromatic carbocycles. The number of hydrogen-bond donors (Lipinski definition) is 1. The van der Waals surface area contributed by atoms with Gasteiger partial charge < -0.3 is 10.0 Å².